The Hall–Kier alpha value is -3.01. The lowest BCUT2D eigenvalue weighted by atomic mass is 9.97. The lowest BCUT2D eigenvalue weighted by Crippen LogP contribution is -2.32. The van der Waals surface area contributed by atoms with Crippen LogP contribution in [0, 0.1) is 6.92 Å². The highest BCUT2D eigenvalue weighted by Gasteiger charge is 2.22. The molecule has 2 heterocycles. The van der Waals surface area contributed by atoms with Crippen LogP contribution in [-0.4, -0.2) is 18.9 Å². The first-order valence-electron chi connectivity index (χ1n) is 8.31. The van der Waals surface area contributed by atoms with Crippen molar-refractivity contribution in [1.82, 2.24) is 0 Å². The molecule has 1 N–H and O–H groups in total. The number of anilines is 1. The summed E-state index contributed by atoms with van der Waals surface area (Å²) in [7, 11) is 0. The number of allylic oxidation sites excluding steroid dienone is 1. The summed E-state index contributed by atoms with van der Waals surface area (Å²) in [6, 6.07) is 12.0. The van der Waals surface area contributed by atoms with Gasteiger partial charge < -0.3 is 19.3 Å². The lowest BCUT2D eigenvalue weighted by Gasteiger charge is -2.27. The number of hydrogen-bond donors (Lipinski definition) is 1. The summed E-state index contributed by atoms with van der Waals surface area (Å²) in [6.07, 6.45) is 3.50. The highest BCUT2D eigenvalue weighted by molar-refractivity contribution is 5.88. The summed E-state index contributed by atoms with van der Waals surface area (Å²) in [6.45, 7) is 6.10. The van der Waals surface area contributed by atoms with Crippen LogP contribution >= 0.6 is 0 Å². The highest BCUT2D eigenvalue weighted by Crippen LogP contribution is 2.41. The number of nitrogens with one attached hydrogen (secondary N) is 1. The number of carbonyl (C=O) groups is 1. The molecule has 0 amide bonds. The van der Waals surface area contributed by atoms with E-state index in [0.717, 1.165) is 57.6 Å². The molecule has 0 bridgehead atoms. The molecule has 25 heavy (non-hydrogen) atoms. The molecular formula is C21H19NO3. The molecule has 0 fully saturated rings. The molecule has 0 radical (unpaired) electrons. The number of aldehydes is 1. The quantitative estimate of drug-likeness (QED) is 0.564. The van der Waals surface area contributed by atoms with Crippen molar-refractivity contribution in [1.29, 1.82) is 0 Å². The van der Waals surface area contributed by atoms with Crippen molar-refractivity contribution >= 4 is 22.9 Å². The van der Waals surface area contributed by atoms with E-state index in [1.54, 1.807) is 0 Å². The molecule has 1 unspecified atom stereocenters. The number of hydrogen-bond acceptors (Lipinski definition) is 4. The minimum atomic E-state index is -0.321. The van der Waals surface area contributed by atoms with Crippen LogP contribution in [0.3, 0.4) is 0 Å². The Bertz CT molecular complexity index is 971. The maximum absolute atomic E-state index is 11.1. The van der Waals surface area contributed by atoms with Gasteiger partial charge in [-0.05, 0) is 54.8 Å². The number of carbonyl (C=O) groups excluding carboxylic acids is 1. The second-order valence-corrected chi connectivity index (χ2v) is 6.32. The molecule has 4 nitrogen and oxygen atoms in total. The number of aryl methyl sites for hydroxylation is 1. The van der Waals surface area contributed by atoms with Gasteiger partial charge in [-0.1, -0.05) is 12.1 Å². The molecule has 1 aliphatic heterocycles. The van der Waals surface area contributed by atoms with Crippen molar-refractivity contribution in [3.05, 3.63) is 60.4 Å². The molecule has 0 saturated carbocycles. The number of fused-ring (bicyclic) bond motifs is 2. The molecular weight excluding hydrogens is 314 g/mol. The van der Waals surface area contributed by atoms with Gasteiger partial charge in [-0.25, -0.2) is 0 Å². The van der Waals surface area contributed by atoms with Crippen LogP contribution in [0.4, 0.5) is 5.69 Å². The van der Waals surface area contributed by atoms with Crippen molar-refractivity contribution in [2.24, 2.45) is 0 Å². The minimum absolute atomic E-state index is 0.321. The van der Waals surface area contributed by atoms with Crippen LogP contribution in [0.1, 0.15) is 11.3 Å². The molecule has 4 rings (SSSR count). The van der Waals surface area contributed by atoms with Crippen LogP contribution in [-0.2, 0) is 11.2 Å². The third-order valence-corrected chi connectivity index (χ3v) is 4.39. The Kier molecular flexibility index (Phi) is 3.80. The van der Waals surface area contributed by atoms with Crippen LogP contribution in [0.2, 0.25) is 0 Å². The first-order chi connectivity index (χ1) is 12.2. The lowest BCUT2D eigenvalue weighted by molar-refractivity contribution is -0.109. The number of benzene rings is 2. The third-order valence-electron chi connectivity index (χ3n) is 4.39. The van der Waals surface area contributed by atoms with Gasteiger partial charge in [0.1, 0.15) is 36.0 Å². The minimum Gasteiger partial charge on any atom is -0.488 e. The van der Waals surface area contributed by atoms with Crippen LogP contribution in [0.25, 0.3) is 22.1 Å². The van der Waals surface area contributed by atoms with E-state index >= 15 is 0 Å². The standard InChI is InChI=1S/C21H19NO3/c1-3-4-14-8-18(21-19(9-14)22-17(11-23)12-24-21)15-5-6-20-16(10-15)7-13(2)25-20/h3,5-11,17,22H,1,4,12H2,2H3. The molecule has 0 spiro atoms. The van der Waals surface area contributed by atoms with Gasteiger partial charge in [0, 0.05) is 10.9 Å². The van der Waals surface area contributed by atoms with Crippen molar-refractivity contribution < 1.29 is 13.9 Å². The number of ether oxygens (including phenoxy) is 1. The van der Waals surface area contributed by atoms with Crippen LogP contribution < -0.4 is 10.1 Å². The molecule has 0 aliphatic carbocycles. The van der Waals surface area contributed by atoms with Crippen molar-refractivity contribution in [2.45, 2.75) is 19.4 Å². The smallest absolute Gasteiger partial charge is 0.150 e. The molecule has 1 aromatic heterocycles. The molecule has 1 atom stereocenters. The van der Waals surface area contributed by atoms with E-state index in [2.05, 4.69) is 24.0 Å². The summed E-state index contributed by atoms with van der Waals surface area (Å²) >= 11 is 0. The molecule has 0 saturated heterocycles. The zero-order chi connectivity index (χ0) is 17.4. The Labute approximate surface area is 146 Å². The molecule has 1 aliphatic rings. The van der Waals surface area contributed by atoms with Gasteiger partial charge in [0.2, 0.25) is 0 Å². The summed E-state index contributed by atoms with van der Waals surface area (Å²) in [5.74, 6) is 1.67. The summed E-state index contributed by atoms with van der Waals surface area (Å²) in [5.41, 5.74) is 4.90. The van der Waals surface area contributed by atoms with Gasteiger partial charge in [-0.2, -0.15) is 0 Å². The largest absolute Gasteiger partial charge is 0.488 e. The van der Waals surface area contributed by atoms with E-state index < -0.39 is 0 Å². The maximum atomic E-state index is 11.1. The Morgan fingerprint density at radius 2 is 2.16 bits per heavy atom. The number of rotatable bonds is 4. The Morgan fingerprint density at radius 1 is 1.28 bits per heavy atom. The fourth-order valence-electron chi connectivity index (χ4n) is 3.28. The van der Waals surface area contributed by atoms with E-state index in [4.69, 9.17) is 9.15 Å². The average Bonchev–Trinajstić information content (AvgIpc) is 2.99. The first kappa shape index (κ1) is 15.5. The normalized spacial score (nSPS) is 16.0. The molecule has 2 aromatic carbocycles. The predicted molar refractivity (Wildman–Crippen MR) is 99.3 cm³/mol. The summed E-state index contributed by atoms with van der Waals surface area (Å²) in [4.78, 5) is 11.1. The SMILES string of the molecule is C=CCc1cc2c(c(-c3ccc4oc(C)cc4c3)c1)OCC(C=O)N2. The molecule has 126 valence electrons. The van der Waals surface area contributed by atoms with Gasteiger partial charge >= 0.3 is 0 Å². The zero-order valence-electron chi connectivity index (χ0n) is 14.0. The van der Waals surface area contributed by atoms with Gasteiger partial charge in [0.05, 0.1) is 5.69 Å². The fraction of sp³-hybridized carbons (Fsp3) is 0.190. The Morgan fingerprint density at radius 3 is 2.96 bits per heavy atom. The van der Waals surface area contributed by atoms with Gasteiger partial charge in [0.15, 0.2) is 0 Å². The zero-order valence-corrected chi connectivity index (χ0v) is 14.0. The third kappa shape index (κ3) is 2.80. The van der Waals surface area contributed by atoms with E-state index in [-0.39, 0.29) is 6.04 Å². The van der Waals surface area contributed by atoms with Crippen molar-refractivity contribution in [3.8, 4) is 16.9 Å². The summed E-state index contributed by atoms with van der Waals surface area (Å²) < 4.78 is 11.6. The highest BCUT2D eigenvalue weighted by atomic mass is 16.5. The average molecular weight is 333 g/mol. The molecule has 3 aromatic rings. The molecule has 4 heteroatoms. The van der Waals surface area contributed by atoms with Crippen molar-refractivity contribution in [3.63, 3.8) is 0 Å². The predicted octanol–water partition coefficient (Wildman–Crippen LogP) is 4.51. The first-order valence-corrected chi connectivity index (χ1v) is 8.31. The topological polar surface area (TPSA) is 51.5 Å². The van der Waals surface area contributed by atoms with E-state index in [9.17, 15) is 4.79 Å². The van der Waals surface area contributed by atoms with E-state index in [1.807, 2.05) is 37.3 Å². The summed E-state index contributed by atoms with van der Waals surface area (Å²) in [5, 5.41) is 4.31. The monoisotopic (exact) mass is 333 g/mol. The maximum Gasteiger partial charge on any atom is 0.150 e. The van der Waals surface area contributed by atoms with Crippen LogP contribution in [0.15, 0.2) is 53.5 Å². The van der Waals surface area contributed by atoms with Gasteiger partial charge in [0.25, 0.3) is 0 Å². The van der Waals surface area contributed by atoms with Crippen LogP contribution in [0.5, 0.6) is 5.75 Å². The van der Waals surface area contributed by atoms with E-state index in [1.165, 1.54) is 0 Å². The fourth-order valence-corrected chi connectivity index (χ4v) is 3.28. The number of furan rings is 1. The van der Waals surface area contributed by atoms with Crippen molar-refractivity contribution in [2.75, 3.05) is 11.9 Å². The van der Waals surface area contributed by atoms with Gasteiger partial charge in [-0.15, -0.1) is 6.58 Å². The second-order valence-electron chi connectivity index (χ2n) is 6.32. The van der Waals surface area contributed by atoms with E-state index in [0.29, 0.717) is 6.61 Å². The second kappa shape index (κ2) is 6.13. The van der Waals surface area contributed by atoms with Gasteiger partial charge in [-0.3, -0.25) is 0 Å². The Balaban J connectivity index is 1.87.